The van der Waals surface area contributed by atoms with Gasteiger partial charge in [-0.25, -0.2) is 9.78 Å². The number of ether oxygens (including phenoxy) is 1. The molecule has 5 N–H and O–H groups in total. The number of alkyl carbamates (subject to hydrolysis) is 1. The maximum absolute atomic E-state index is 11.6. The summed E-state index contributed by atoms with van der Waals surface area (Å²) in [6, 6.07) is 11.0. The highest BCUT2D eigenvalue weighted by Crippen LogP contribution is 2.20. The second-order valence-corrected chi connectivity index (χ2v) is 5.76. The zero-order valence-electron chi connectivity index (χ0n) is 14.1. The molecule has 2 rings (SSSR count). The van der Waals surface area contributed by atoms with Crippen LogP contribution in [0.15, 0.2) is 42.6 Å². The van der Waals surface area contributed by atoms with Gasteiger partial charge in [0.2, 0.25) is 0 Å². The molecule has 2 aromatic rings. The van der Waals surface area contributed by atoms with Gasteiger partial charge in [0, 0.05) is 18.3 Å². The van der Waals surface area contributed by atoms with Gasteiger partial charge in [-0.3, -0.25) is 0 Å². The van der Waals surface area contributed by atoms with Crippen molar-refractivity contribution in [1.29, 1.82) is 0 Å². The molecule has 1 amide bonds. The number of benzene rings is 1. The topological polar surface area (TPSA) is 118 Å². The minimum absolute atomic E-state index is 0.172. The monoisotopic (exact) mass is 345 g/mol. The van der Waals surface area contributed by atoms with Gasteiger partial charge in [0.05, 0.1) is 6.10 Å². The van der Waals surface area contributed by atoms with Crippen molar-refractivity contribution in [1.82, 2.24) is 10.3 Å². The fraction of sp³-hybridized carbons (Fsp3) is 0.333. The summed E-state index contributed by atoms with van der Waals surface area (Å²) in [6.45, 7) is 2.12. The van der Waals surface area contributed by atoms with Crippen LogP contribution in [0.3, 0.4) is 0 Å². The zero-order chi connectivity index (χ0) is 18.2. The number of pyridine rings is 1. The Kier molecular flexibility index (Phi) is 6.73. The summed E-state index contributed by atoms with van der Waals surface area (Å²) in [5.41, 5.74) is 7.73. The molecule has 0 saturated carbocycles. The highest BCUT2D eigenvalue weighted by Gasteiger charge is 2.19. The maximum Gasteiger partial charge on any atom is 0.407 e. The van der Waals surface area contributed by atoms with Gasteiger partial charge >= 0.3 is 6.09 Å². The Morgan fingerprint density at radius 2 is 2.04 bits per heavy atom. The smallest absolute Gasteiger partial charge is 0.407 e. The average Bonchev–Trinajstić information content (AvgIpc) is 2.62. The number of amides is 1. The quantitative estimate of drug-likeness (QED) is 0.606. The van der Waals surface area contributed by atoms with Gasteiger partial charge in [-0.15, -0.1) is 0 Å². The van der Waals surface area contributed by atoms with Crippen molar-refractivity contribution in [2.24, 2.45) is 0 Å². The molecule has 7 heteroatoms. The number of nitrogens with one attached hydrogen (secondary N) is 1. The summed E-state index contributed by atoms with van der Waals surface area (Å²) < 4.78 is 5.07. The van der Waals surface area contributed by atoms with E-state index >= 15 is 0 Å². The molecular weight excluding hydrogens is 322 g/mol. The van der Waals surface area contributed by atoms with Crippen molar-refractivity contribution in [2.75, 3.05) is 12.3 Å². The first-order valence-electron chi connectivity index (χ1n) is 8.00. The maximum atomic E-state index is 11.6. The summed E-state index contributed by atoms with van der Waals surface area (Å²) in [4.78, 5) is 15.6. The van der Waals surface area contributed by atoms with Gasteiger partial charge in [0.15, 0.2) is 0 Å². The van der Waals surface area contributed by atoms with Crippen molar-refractivity contribution < 1.29 is 19.7 Å². The number of nitrogens with zero attached hydrogens (tertiary/aromatic N) is 1. The third-order valence-corrected chi connectivity index (χ3v) is 3.77. The average molecular weight is 345 g/mol. The van der Waals surface area contributed by atoms with Crippen LogP contribution >= 0.6 is 0 Å². The second-order valence-electron chi connectivity index (χ2n) is 5.76. The normalized spacial score (nSPS) is 13.1. The molecule has 25 heavy (non-hydrogen) atoms. The Labute approximate surface area is 146 Å². The highest BCUT2D eigenvalue weighted by atomic mass is 16.5. The number of nitrogens with two attached hydrogens (primary N) is 1. The number of aryl methyl sites for hydroxylation is 1. The Morgan fingerprint density at radius 3 is 2.72 bits per heavy atom. The van der Waals surface area contributed by atoms with Crippen LogP contribution in [0.25, 0.3) is 0 Å². The molecule has 1 heterocycles. The van der Waals surface area contributed by atoms with Gasteiger partial charge in [-0.1, -0.05) is 30.3 Å². The van der Waals surface area contributed by atoms with Crippen LogP contribution in [0.2, 0.25) is 0 Å². The SMILES string of the molecule is Cc1cc(C(O)C(O)CCNC(=O)OCc2ccccc2)cnc1N. The van der Waals surface area contributed by atoms with Crippen molar-refractivity contribution in [2.45, 2.75) is 32.2 Å². The van der Waals surface area contributed by atoms with E-state index in [0.29, 0.717) is 11.4 Å². The van der Waals surface area contributed by atoms with Crippen molar-refractivity contribution >= 4 is 11.9 Å². The van der Waals surface area contributed by atoms with Crippen LogP contribution in [0.5, 0.6) is 0 Å². The first-order valence-corrected chi connectivity index (χ1v) is 8.00. The Morgan fingerprint density at radius 1 is 1.32 bits per heavy atom. The second kappa shape index (κ2) is 9.00. The zero-order valence-corrected chi connectivity index (χ0v) is 14.1. The number of nitrogen functional groups attached to an aromatic ring is 1. The molecule has 0 spiro atoms. The van der Waals surface area contributed by atoms with E-state index in [4.69, 9.17) is 10.5 Å². The molecule has 0 aliphatic rings. The first kappa shape index (κ1) is 18.7. The number of aliphatic hydroxyl groups excluding tert-OH is 2. The number of hydrogen-bond acceptors (Lipinski definition) is 6. The number of hydrogen-bond donors (Lipinski definition) is 4. The number of anilines is 1. The summed E-state index contributed by atoms with van der Waals surface area (Å²) in [5.74, 6) is 0.383. The highest BCUT2D eigenvalue weighted by molar-refractivity contribution is 5.67. The molecule has 2 atom stereocenters. The Balaban J connectivity index is 1.72. The van der Waals surface area contributed by atoms with Crippen LogP contribution in [0.1, 0.15) is 29.2 Å². The predicted octanol–water partition coefficient (Wildman–Crippen LogP) is 1.68. The third kappa shape index (κ3) is 5.74. The number of aromatic nitrogens is 1. The summed E-state index contributed by atoms with van der Waals surface area (Å²) in [6.07, 6.45) is -1.12. The minimum atomic E-state index is -1.10. The molecule has 1 aromatic carbocycles. The molecule has 0 radical (unpaired) electrons. The Bertz CT molecular complexity index is 694. The van der Waals surface area contributed by atoms with E-state index < -0.39 is 18.3 Å². The lowest BCUT2D eigenvalue weighted by Crippen LogP contribution is -2.29. The van der Waals surface area contributed by atoms with Gasteiger partial charge in [-0.05, 0) is 30.5 Å². The van der Waals surface area contributed by atoms with Gasteiger partial charge in [0.25, 0.3) is 0 Å². The molecule has 134 valence electrons. The predicted molar refractivity (Wildman–Crippen MR) is 93.6 cm³/mol. The van der Waals surface area contributed by atoms with E-state index in [1.54, 1.807) is 13.0 Å². The van der Waals surface area contributed by atoms with Crippen molar-refractivity contribution in [3.8, 4) is 0 Å². The van der Waals surface area contributed by atoms with E-state index in [-0.39, 0.29) is 19.6 Å². The van der Waals surface area contributed by atoms with E-state index in [9.17, 15) is 15.0 Å². The van der Waals surface area contributed by atoms with Crippen molar-refractivity contribution in [3.63, 3.8) is 0 Å². The van der Waals surface area contributed by atoms with E-state index in [1.807, 2.05) is 30.3 Å². The van der Waals surface area contributed by atoms with Gasteiger partial charge < -0.3 is 26.0 Å². The lowest BCUT2D eigenvalue weighted by Gasteiger charge is -2.18. The van der Waals surface area contributed by atoms with Crippen LogP contribution in [-0.2, 0) is 11.3 Å². The molecule has 0 aliphatic heterocycles. The molecule has 1 aromatic heterocycles. The fourth-order valence-electron chi connectivity index (χ4n) is 2.25. The molecule has 2 unspecified atom stereocenters. The number of aliphatic hydroxyl groups is 2. The van der Waals surface area contributed by atoms with Crippen LogP contribution in [0, 0.1) is 6.92 Å². The van der Waals surface area contributed by atoms with Crippen LogP contribution < -0.4 is 11.1 Å². The minimum Gasteiger partial charge on any atom is -0.445 e. The first-order chi connectivity index (χ1) is 12.0. The molecular formula is C18H23N3O4. The fourth-order valence-corrected chi connectivity index (χ4v) is 2.25. The Hall–Kier alpha value is -2.64. The van der Waals surface area contributed by atoms with E-state index in [2.05, 4.69) is 10.3 Å². The molecule has 0 bridgehead atoms. The number of carbonyl (C=O) groups excluding carboxylic acids is 1. The van der Waals surface area contributed by atoms with E-state index in [1.165, 1.54) is 6.20 Å². The van der Waals surface area contributed by atoms with E-state index in [0.717, 1.165) is 11.1 Å². The standard InChI is InChI=1S/C18H23N3O4/c1-12-9-14(10-21-17(12)19)16(23)15(22)7-8-20-18(24)25-11-13-5-3-2-4-6-13/h2-6,9-10,15-16,22-23H,7-8,11H2,1H3,(H2,19,21)(H,20,24). The molecule has 0 aliphatic carbocycles. The molecule has 0 saturated heterocycles. The number of rotatable bonds is 7. The van der Waals surface area contributed by atoms with Gasteiger partial charge in [-0.2, -0.15) is 0 Å². The number of carbonyl (C=O) groups is 1. The lowest BCUT2D eigenvalue weighted by molar-refractivity contribution is 0.0134. The van der Waals surface area contributed by atoms with Crippen LogP contribution in [-0.4, -0.2) is 33.9 Å². The summed E-state index contributed by atoms with van der Waals surface area (Å²) in [7, 11) is 0. The van der Waals surface area contributed by atoms with Crippen molar-refractivity contribution in [3.05, 3.63) is 59.3 Å². The van der Waals surface area contributed by atoms with Gasteiger partial charge in [0.1, 0.15) is 18.5 Å². The lowest BCUT2D eigenvalue weighted by atomic mass is 10.0. The summed E-state index contributed by atoms with van der Waals surface area (Å²) >= 11 is 0. The third-order valence-electron chi connectivity index (χ3n) is 3.77. The van der Waals surface area contributed by atoms with Crippen LogP contribution in [0.4, 0.5) is 10.6 Å². The largest absolute Gasteiger partial charge is 0.445 e. The summed E-state index contributed by atoms with van der Waals surface area (Å²) in [5, 5.41) is 22.7. The molecule has 0 fully saturated rings. The molecule has 7 nitrogen and oxygen atoms in total.